The first-order chi connectivity index (χ1) is 12.2. The van der Waals surface area contributed by atoms with Crippen molar-refractivity contribution in [2.45, 2.75) is 25.5 Å². The lowest BCUT2D eigenvalue weighted by Crippen LogP contribution is -2.28. The third-order valence-corrected chi connectivity index (χ3v) is 5.58. The molecule has 1 atom stereocenters. The minimum absolute atomic E-state index is 0. The van der Waals surface area contributed by atoms with Gasteiger partial charge in [-0.2, -0.15) is 5.26 Å². The highest BCUT2D eigenvalue weighted by atomic mass is 35.5. The van der Waals surface area contributed by atoms with Crippen molar-refractivity contribution in [3.63, 3.8) is 0 Å². The second-order valence-corrected chi connectivity index (χ2v) is 7.00. The minimum atomic E-state index is -0.257. The van der Waals surface area contributed by atoms with Crippen LogP contribution in [0.3, 0.4) is 0 Å². The Labute approximate surface area is 167 Å². The van der Waals surface area contributed by atoms with Crippen molar-refractivity contribution in [2.24, 2.45) is 4.99 Å². The van der Waals surface area contributed by atoms with Crippen LogP contribution in [0.15, 0.2) is 17.1 Å². The van der Waals surface area contributed by atoms with Crippen LogP contribution < -0.4 is 9.47 Å². The molecule has 1 aliphatic rings. The number of thioether (sulfide) groups is 1. The largest absolute Gasteiger partial charge is 0.493 e. The highest BCUT2D eigenvalue weighted by molar-refractivity contribution is 8.00. The van der Waals surface area contributed by atoms with E-state index in [0.29, 0.717) is 12.3 Å². The summed E-state index contributed by atoms with van der Waals surface area (Å²) in [6.07, 6.45) is 0.863. The highest BCUT2D eigenvalue weighted by Crippen LogP contribution is 2.34. The van der Waals surface area contributed by atoms with E-state index in [-0.39, 0.29) is 17.7 Å². The van der Waals surface area contributed by atoms with Crippen LogP contribution in [0.4, 0.5) is 0 Å². The summed E-state index contributed by atoms with van der Waals surface area (Å²) < 4.78 is 10.8. The van der Waals surface area contributed by atoms with Crippen LogP contribution in [-0.2, 0) is 6.42 Å². The zero-order chi connectivity index (χ0) is 18.2. The first-order valence-corrected chi connectivity index (χ1v) is 9.76. The fraction of sp³-hybridized carbons (Fsp3) is 0.579. The zero-order valence-electron chi connectivity index (χ0n) is 15.9. The van der Waals surface area contributed by atoms with Crippen LogP contribution in [-0.4, -0.2) is 62.0 Å². The van der Waals surface area contributed by atoms with Crippen molar-refractivity contribution in [1.29, 1.82) is 5.26 Å². The molecule has 1 aromatic rings. The predicted octanol–water partition coefficient (Wildman–Crippen LogP) is 3.44. The van der Waals surface area contributed by atoms with E-state index in [4.69, 9.17) is 9.47 Å². The summed E-state index contributed by atoms with van der Waals surface area (Å²) in [5, 5.41) is 9.43. The lowest BCUT2D eigenvalue weighted by Gasteiger charge is -2.23. The predicted molar refractivity (Wildman–Crippen MR) is 112 cm³/mol. The molecule has 144 valence electrons. The van der Waals surface area contributed by atoms with Gasteiger partial charge in [0.25, 0.3) is 0 Å². The van der Waals surface area contributed by atoms with E-state index in [9.17, 15) is 5.26 Å². The molecule has 0 amide bonds. The number of fused-ring (bicyclic) bond motifs is 1. The van der Waals surface area contributed by atoms with E-state index in [1.54, 1.807) is 26.0 Å². The van der Waals surface area contributed by atoms with Gasteiger partial charge in [0.05, 0.1) is 26.0 Å². The number of aliphatic imine (C=N–C) groups is 1. The Kier molecular flexibility index (Phi) is 9.85. The Morgan fingerprint density at radius 3 is 2.46 bits per heavy atom. The van der Waals surface area contributed by atoms with Crippen LogP contribution in [0.2, 0.25) is 0 Å². The molecule has 1 unspecified atom stereocenters. The monoisotopic (exact) mass is 397 g/mol. The SMILES string of the molecule is CCN(CC)CCSC(C#N)C1=NCCc2cc(OC)c(OC)cc21.Cl. The maximum atomic E-state index is 9.69. The van der Waals surface area contributed by atoms with E-state index < -0.39 is 0 Å². The molecule has 0 N–H and O–H groups in total. The van der Waals surface area contributed by atoms with Gasteiger partial charge in [-0.25, -0.2) is 0 Å². The van der Waals surface area contributed by atoms with Crippen LogP contribution in [0, 0.1) is 11.3 Å². The van der Waals surface area contributed by atoms with Crippen molar-refractivity contribution in [2.75, 3.05) is 46.2 Å². The Hall–Kier alpha value is -1.42. The lowest BCUT2D eigenvalue weighted by atomic mass is 9.95. The Balaban J connectivity index is 0.00000338. The number of ether oxygens (including phenoxy) is 2. The smallest absolute Gasteiger partial charge is 0.161 e. The van der Waals surface area contributed by atoms with E-state index in [1.165, 1.54) is 5.56 Å². The van der Waals surface area contributed by atoms with Crippen molar-refractivity contribution in [3.05, 3.63) is 23.3 Å². The average Bonchev–Trinajstić information content (AvgIpc) is 2.66. The number of hydrogen-bond acceptors (Lipinski definition) is 6. The average molecular weight is 398 g/mol. The Bertz CT molecular complexity index is 657. The molecule has 0 aliphatic carbocycles. The van der Waals surface area contributed by atoms with Gasteiger partial charge in [-0.1, -0.05) is 13.8 Å². The molecule has 1 aromatic carbocycles. The summed E-state index contributed by atoms with van der Waals surface area (Å²) in [6, 6.07) is 6.40. The summed E-state index contributed by atoms with van der Waals surface area (Å²) in [4.78, 5) is 7.04. The summed E-state index contributed by atoms with van der Waals surface area (Å²) in [5.41, 5.74) is 3.06. The van der Waals surface area contributed by atoms with Gasteiger partial charge in [0.2, 0.25) is 0 Å². The molecule has 5 nitrogen and oxygen atoms in total. The van der Waals surface area contributed by atoms with Crippen LogP contribution in [0.5, 0.6) is 11.5 Å². The first kappa shape index (κ1) is 22.6. The molecule has 1 heterocycles. The molecule has 0 aromatic heterocycles. The van der Waals surface area contributed by atoms with E-state index in [2.05, 4.69) is 29.8 Å². The first-order valence-electron chi connectivity index (χ1n) is 8.71. The molecule has 0 bridgehead atoms. The normalized spacial score (nSPS) is 13.9. The number of rotatable bonds is 9. The van der Waals surface area contributed by atoms with Crippen molar-refractivity contribution < 1.29 is 9.47 Å². The fourth-order valence-corrected chi connectivity index (χ4v) is 4.02. The molecule has 26 heavy (non-hydrogen) atoms. The summed E-state index contributed by atoms with van der Waals surface area (Å²) in [5.74, 6) is 2.33. The molecular weight excluding hydrogens is 370 g/mol. The number of hydrogen-bond donors (Lipinski definition) is 0. The van der Waals surface area contributed by atoms with Crippen molar-refractivity contribution >= 4 is 29.9 Å². The summed E-state index contributed by atoms with van der Waals surface area (Å²) in [6.45, 7) is 8.10. The molecule has 0 saturated heterocycles. The van der Waals surface area contributed by atoms with Gasteiger partial charge in [0.1, 0.15) is 5.25 Å². The summed E-state index contributed by atoms with van der Waals surface area (Å²) in [7, 11) is 3.27. The fourth-order valence-electron chi connectivity index (χ4n) is 2.99. The highest BCUT2D eigenvalue weighted by Gasteiger charge is 2.25. The van der Waals surface area contributed by atoms with E-state index in [0.717, 1.165) is 48.8 Å². The zero-order valence-corrected chi connectivity index (χ0v) is 17.6. The Morgan fingerprint density at radius 1 is 1.23 bits per heavy atom. The van der Waals surface area contributed by atoms with Gasteiger partial charge in [0.15, 0.2) is 11.5 Å². The van der Waals surface area contributed by atoms with Gasteiger partial charge in [-0.15, -0.1) is 24.2 Å². The quantitative estimate of drug-likeness (QED) is 0.638. The number of halogens is 1. The van der Waals surface area contributed by atoms with Crippen molar-refractivity contribution in [3.8, 4) is 17.6 Å². The molecule has 7 heteroatoms. The van der Waals surface area contributed by atoms with Crippen LogP contribution in [0.25, 0.3) is 0 Å². The molecule has 0 fully saturated rings. The van der Waals surface area contributed by atoms with Gasteiger partial charge < -0.3 is 14.4 Å². The third-order valence-electron chi connectivity index (χ3n) is 4.50. The van der Waals surface area contributed by atoms with Gasteiger partial charge in [-0.05, 0) is 37.2 Å². The lowest BCUT2D eigenvalue weighted by molar-refractivity contribution is 0.324. The summed E-state index contributed by atoms with van der Waals surface area (Å²) >= 11 is 1.67. The van der Waals surface area contributed by atoms with Crippen LogP contribution >= 0.6 is 24.2 Å². The van der Waals surface area contributed by atoms with Gasteiger partial charge in [-0.3, -0.25) is 4.99 Å². The Morgan fingerprint density at radius 2 is 1.88 bits per heavy atom. The second kappa shape index (κ2) is 11.3. The number of methoxy groups -OCH3 is 2. The van der Waals surface area contributed by atoms with E-state index >= 15 is 0 Å². The molecule has 1 aliphatic heterocycles. The minimum Gasteiger partial charge on any atom is -0.493 e. The maximum Gasteiger partial charge on any atom is 0.161 e. The molecule has 0 spiro atoms. The molecule has 2 rings (SSSR count). The van der Waals surface area contributed by atoms with Crippen molar-refractivity contribution in [1.82, 2.24) is 4.90 Å². The number of nitrogens with zero attached hydrogens (tertiary/aromatic N) is 3. The number of nitriles is 1. The third kappa shape index (κ3) is 5.29. The standard InChI is InChI=1S/C19H27N3O2S.ClH/c1-5-22(6-2)9-10-25-18(13-20)19-15-12-17(24-4)16(23-3)11-14(15)7-8-21-19;/h11-12,18H,5-10H2,1-4H3;1H. The number of benzene rings is 1. The molecular formula is C19H28ClN3O2S. The maximum absolute atomic E-state index is 9.69. The molecule has 0 radical (unpaired) electrons. The van der Waals surface area contributed by atoms with E-state index in [1.807, 2.05) is 12.1 Å². The van der Waals surface area contributed by atoms with Crippen LogP contribution in [0.1, 0.15) is 25.0 Å². The second-order valence-electron chi connectivity index (χ2n) is 5.79. The topological polar surface area (TPSA) is 57.9 Å². The molecule has 0 saturated carbocycles. The van der Waals surface area contributed by atoms with Gasteiger partial charge in [0, 0.05) is 24.4 Å². The van der Waals surface area contributed by atoms with Gasteiger partial charge >= 0.3 is 0 Å².